The van der Waals surface area contributed by atoms with Gasteiger partial charge in [-0.2, -0.15) is 0 Å². The number of imidazole rings is 1. The Kier molecular flexibility index (Phi) is 3.37. The fourth-order valence-electron chi connectivity index (χ4n) is 3.50. The topological polar surface area (TPSA) is 66.8 Å². The molecule has 3 heterocycles. The Balaban J connectivity index is 1.59. The van der Waals surface area contributed by atoms with Gasteiger partial charge >= 0.3 is 5.69 Å². The molecule has 2 aromatic heterocycles. The summed E-state index contributed by atoms with van der Waals surface area (Å²) in [5.74, 6) is 1.00. The van der Waals surface area contributed by atoms with E-state index in [1.165, 1.54) is 0 Å². The summed E-state index contributed by atoms with van der Waals surface area (Å²) in [4.78, 5) is 26.0. The van der Waals surface area contributed by atoms with Crippen LogP contribution in [0.2, 0.25) is 0 Å². The average Bonchev–Trinajstić information content (AvgIpc) is 2.91. The molecule has 118 valence electrons. The molecular formula is C17H19N5O. The Bertz CT molecular complexity index is 889. The number of H-pyrrole nitrogens is 1. The van der Waals surface area contributed by atoms with Gasteiger partial charge in [-0.25, -0.2) is 14.8 Å². The highest BCUT2D eigenvalue weighted by molar-refractivity contribution is 5.75. The summed E-state index contributed by atoms with van der Waals surface area (Å²) in [6, 6.07) is 8.12. The standard InChI is InChI=1S/C17H19N5O/c1-12-10-18-11-19-16(12)21-8-6-13(7-9-21)22-15-5-3-2-4-14(15)20-17(22)23/h2-5,10-11,13H,6-9H2,1H3,(H,20,23). The van der Waals surface area contributed by atoms with Crippen LogP contribution in [-0.2, 0) is 0 Å². The third-order valence-electron chi connectivity index (χ3n) is 4.62. The van der Waals surface area contributed by atoms with Crippen LogP contribution in [0.25, 0.3) is 11.0 Å². The van der Waals surface area contributed by atoms with E-state index < -0.39 is 0 Å². The molecule has 0 bridgehead atoms. The van der Waals surface area contributed by atoms with Crippen molar-refractivity contribution in [1.82, 2.24) is 19.5 Å². The van der Waals surface area contributed by atoms with Gasteiger partial charge < -0.3 is 9.88 Å². The fraction of sp³-hybridized carbons (Fsp3) is 0.353. The molecule has 1 aliphatic heterocycles. The van der Waals surface area contributed by atoms with E-state index in [2.05, 4.69) is 19.9 Å². The van der Waals surface area contributed by atoms with Gasteiger partial charge in [-0.1, -0.05) is 12.1 Å². The largest absolute Gasteiger partial charge is 0.356 e. The molecule has 1 aromatic carbocycles. The van der Waals surface area contributed by atoms with Gasteiger partial charge in [-0.3, -0.25) is 4.57 Å². The van der Waals surface area contributed by atoms with Crippen LogP contribution in [-0.4, -0.2) is 32.6 Å². The van der Waals surface area contributed by atoms with E-state index >= 15 is 0 Å². The molecule has 0 unspecified atom stereocenters. The number of rotatable bonds is 2. The Labute approximate surface area is 133 Å². The first kappa shape index (κ1) is 14.0. The number of aromatic nitrogens is 4. The lowest BCUT2D eigenvalue weighted by Gasteiger charge is -2.33. The van der Waals surface area contributed by atoms with Crippen LogP contribution in [0.1, 0.15) is 24.4 Å². The summed E-state index contributed by atoms with van der Waals surface area (Å²) in [5, 5.41) is 0. The summed E-state index contributed by atoms with van der Waals surface area (Å²) < 4.78 is 1.92. The minimum absolute atomic E-state index is 0.0112. The van der Waals surface area contributed by atoms with Crippen molar-refractivity contribution in [3.05, 3.63) is 52.8 Å². The Hall–Kier alpha value is -2.63. The van der Waals surface area contributed by atoms with Crippen molar-refractivity contribution in [1.29, 1.82) is 0 Å². The lowest BCUT2D eigenvalue weighted by atomic mass is 10.0. The van der Waals surface area contributed by atoms with E-state index in [-0.39, 0.29) is 11.7 Å². The number of fused-ring (bicyclic) bond motifs is 1. The highest BCUT2D eigenvalue weighted by Crippen LogP contribution is 2.27. The Morgan fingerprint density at radius 2 is 2.00 bits per heavy atom. The van der Waals surface area contributed by atoms with Crippen molar-refractivity contribution in [2.45, 2.75) is 25.8 Å². The van der Waals surface area contributed by atoms with Crippen molar-refractivity contribution < 1.29 is 0 Å². The van der Waals surface area contributed by atoms with Gasteiger partial charge in [-0.15, -0.1) is 0 Å². The van der Waals surface area contributed by atoms with Crippen LogP contribution in [0.5, 0.6) is 0 Å². The van der Waals surface area contributed by atoms with Crippen molar-refractivity contribution in [3.8, 4) is 0 Å². The summed E-state index contributed by atoms with van der Waals surface area (Å²) in [7, 11) is 0. The van der Waals surface area contributed by atoms with E-state index in [0.717, 1.165) is 48.3 Å². The van der Waals surface area contributed by atoms with Crippen LogP contribution in [0.15, 0.2) is 41.6 Å². The maximum atomic E-state index is 12.3. The lowest BCUT2D eigenvalue weighted by Crippen LogP contribution is -2.37. The number of anilines is 1. The third kappa shape index (κ3) is 2.40. The average molecular weight is 309 g/mol. The number of piperidine rings is 1. The first-order valence-electron chi connectivity index (χ1n) is 7.95. The smallest absolute Gasteiger partial charge is 0.326 e. The van der Waals surface area contributed by atoms with Crippen molar-refractivity contribution in [2.75, 3.05) is 18.0 Å². The first-order chi connectivity index (χ1) is 11.2. The zero-order valence-electron chi connectivity index (χ0n) is 13.1. The molecular weight excluding hydrogens is 290 g/mol. The molecule has 4 rings (SSSR count). The second-order valence-corrected chi connectivity index (χ2v) is 6.06. The maximum Gasteiger partial charge on any atom is 0.326 e. The molecule has 0 radical (unpaired) electrons. The van der Waals surface area contributed by atoms with Gasteiger partial charge in [0.2, 0.25) is 0 Å². The van der Waals surface area contributed by atoms with Gasteiger partial charge in [0.1, 0.15) is 12.1 Å². The zero-order valence-corrected chi connectivity index (χ0v) is 13.1. The highest BCUT2D eigenvalue weighted by Gasteiger charge is 2.24. The van der Waals surface area contributed by atoms with Gasteiger partial charge in [-0.05, 0) is 31.9 Å². The van der Waals surface area contributed by atoms with Crippen LogP contribution in [0, 0.1) is 6.92 Å². The second-order valence-electron chi connectivity index (χ2n) is 6.06. The van der Waals surface area contributed by atoms with Crippen LogP contribution >= 0.6 is 0 Å². The van der Waals surface area contributed by atoms with Gasteiger partial charge in [0.05, 0.1) is 11.0 Å². The summed E-state index contributed by atoms with van der Waals surface area (Å²) in [5.41, 5.74) is 2.99. The lowest BCUT2D eigenvalue weighted by molar-refractivity contribution is 0.395. The Morgan fingerprint density at radius 3 is 2.78 bits per heavy atom. The van der Waals surface area contributed by atoms with Gasteiger partial charge in [0, 0.05) is 30.9 Å². The summed E-state index contributed by atoms with van der Waals surface area (Å²) in [6.45, 7) is 3.83. The molecule has 0 atom stereocenters. The van der Waals surface area contributed by atoms with Crippen LogP contribution < -0.4 is 10.6 Å². The van der Waals surface area contributed by atoms with Crippen molar-refractivity contribution >= 4 is 16.9 Å². The number of benzene rings is 1. The van der Waals surface area contributed by atoms with E-state index in [1.807, 2.05) is 42.0 Å². The third-order valence-corrected chi connectivity index (χ3v) is 4.62. The molecule has 1 N–H and O–H groups in total. The highest BCUT2D eigenvalue weighted by atomic mass is 16.1. The fourth-order valence-corrected chi connectivity index (χ4v) is 3.50. The van der Waals surface area contributed by atoms with Crippen molar-refractivity contribution in [3.63, 3.8) is 0 Å². The van der Waals surface area contributed by atoms with E-state index in [4.69, 9.17) is 0 Å². The molecule has 0 amide bonds. The second kappa shape index (κ2) is 5.53. The zero-order chi connectivity index (χ0) is 15.8. The SMILES string of the molecule is Cc1cncnc1N1CCC(n2c(=O)[nH]c3ccccc32)CC1. The molecule has 1 aliphatic rings. The maximum absolute atomic E-state index is 12.3. The van der Waals surface area contributed by atoms with Gasteiger partial charge in [0.15, 0.2) is 0 Å². The molecule has 3 aromatic rings. The predicted octanol–water partition coefficient (Wildman–Crippen LogP) is 2.27. The predicted molar refractivity (Wildman–Crippen MR) is 89.8 cm³/mol. The number of hydrogen-bond donors (Lipinski definition) is 1. The minimum atomic E-state index is -0.0112. The number of nitrogens with zero attached hydrogens (tertiary/aromatic N) is 4. The number of hydrogen-bond acceptors (Lipinski definition) is 4. The molecule has 0 aliphatic carbocycles. The summed E-state index contributed by atoms with van der Waals surface area (Å²) >= 11 is 0. The van der Waals surface area contributed by atoms with Crippen LogP contribution in [0.3, 0.4) is 0 Å². The molecule has 23 heavy (non-hydrogen) atoms. The molecule has 6 nitrogen and oxygen atoms in total. The van der Waals surface area contributed by atoms with E-state index in [0.29, 0.717) is 0 Å². The quantitative estimate of drug-likeness (QED) is 0.788. The monoisotopic (exact) mass is 309 g/mol. The number of para-hydroxylation sites is 2. The van der Waals surface area contributed by atoms with E-state index in [1.54, 1.807) is 6.33 Å². The molecule has 1 fully saturated rings. The number of nitrogens with one attached hydrogen (secondary N) is 1. The molecule has 0 saturated carbocycles. The van der Waals surface area contributed by atoms with Crippen LogP contribution in [0.4, 0.5) is 5.82 Å². The normalized spacial score (nSPS) is 16.1. The number of aromatic amines is 1. The molecule has 6 heteroatoms. The number of aryl methyl sites for hydroxylation is 1. The Morgan fingerprint density at radius 1 is 1.22 bits per heavy atom. The van der Waals surface area contributed by atoms with Gasteiger partial charge in [0.25, 0.3) is 0 Å². The molecule has 0 spiro atoms. The summed E-state index contributed by atoms with van der Waals surface area (Å²) in [6.07, 6.45) is 5.31. The minimum Gasteiger partial charge on any atom is -0.356 e. The van der Waals surface area contributed by atoms with E-state index in [9.17, 15) is 4.79 Å². The first-order valence-corrected chi connectivity index (χ1v) is 7.95. The molecule has 1 saturated heterocycles. The van der Waals surface area contributed by atoms with Crippen molar-refractivity contribution in [2.24, 2.45) is 0 Å².